The van der Waals surface area contributed by atoms with Gasteiger partial charge in [-0.05, 0) is 63.4 Å². The Kier molecular flexibility index (Phi) is 7.01. The highest BCUT2D eigenvalue weighted by Crippen LogP contribution is 2.25. The lowest BCUT2D eigenvalue weighted by Crippen LogP contribution is -2.30. The van der Waals surface area contributed by atoms with Crippen LogP contribution in [0.3, 0.4) is 0 Å². The van der Waals surface area contributed by atoms with Gasteiger partial charge >= 0.3 is 0 Å². The van der Waals surface area contributed by atoms with Crippen molar-refractivity contribution in [2.75, 3.05) is 19.5 Å². The quantitative estimate of drug-likeness (QED) is 0.570. The Balaban J connectivity index is 2.31. The second kappa shape index (κ2) is 8.91. The van der Waals surface area contributed by atoms with Gasteiger partial charge in [0.15, 0.2) is 0 Å². The first-order valence-corrected chi connectivity index (χ1v) is 11.5. The predicted octanol–water partition coefficient (Wildman–Crippen LogP) is 1.54. The number of hydrogen-bond acceptors (Lipinski definition) is 6. The van der Waals surface area contributed by atoms with Crippen LogP contribution in [0.5, 0.6) is 5.75 Å². The fraction of sp³-hybridized carbons (Fsp3) is 0.278. The van der Waals surface area contributed by atoms with Crippen LogP contribution >= 0.6 is 0 Å². The molecule has 0 unspecified atom stereocenters. The van der Waals surface area contributed by atoms with Crippen LogP contribution in [0.4, 0.5) is 5.69 Å². The van der Waals surface area contributed by atoms with Crippen molar-refractivity contribution >= 4 is 31.6 Å². The Morgan fingerprint density at radius 2 is 1.59 bits per heavy atom. The third kappa shape index (κ3) is 5.54. The van der Waals surface area contributed by atoms with Gasteiger partial charge in [-0.25, -0.2) is 26.3 Å². The number of hydrogen-bond donors (Lipinski definition) is 3. The average molecular weight is 442 g/mol. The SMILES string of the molecule is CNS(=O)(=O)c1ccc(NC(=O)c2ccc(OC)c(S(=O)(=O)NC(C)C)c2)cc1. The Morgan fingerprint density at radius 3 is 2.10 bits per heavy atom. The molecule has 0 radical (unpaired) electrons. The lowest BCUT2D eigenvalue weighted by molar-refractivity contribution is 0.102. The van der Waals surface area contributed by atoms with E-state index in [-0.39, 0.29) is 27.1 Å². The van der Waals surface area contributed by atoms with Gasteiger partial charge in [-0.15, -0.1) is 0 Å². The summed E-state index contributed by atoms with van der Waals surface area (Å²) in [5, 5.41) is 2.60. The molecule has 0 saturated heterocycles. The number of methoxy groups -OCH3 is 1. The molecule has 0 aromatic heterocycles. The summed E-state index contributed by atoms with van der Waals surface area (Å²) >= 11 is 0. The van der Waals surface area contributed by atoms with Crippen molar-refractivity contribution in [1.82, 2.24) is 9.44 Å². The second-order valence-electron chi connectivity index (χ2n) is 6.33. The predicted molar refractivity (Wildman–Crippen MR) is 109 cm³/mol. The van der Waals surface area contributed by atoms with Crippen molar-refractivity contribution in [2.45, 2.75) is 29.7 Å². The first kappa shape index (κ1) is 22.8. The summed E-state index contributed by atoms with van der Waals surface area (Å²) in [6.45, 7) is 3.36. The smallest absolute Gasteiger partial charge is 0.255 e. The molecule has 9 nitrogen and oxygen atoms in total. The molecule has 11 heteroatoms. The molecule has 0 aliphatic carbocycles. The zero-order valence-electron chi connectivity index (χ0n) is 16.4. The van der Waals surface area contributed by atoms with E-state index in [0.717, 1.165) is 0 Å². The number of benzene rings is 2. The zero-order valence-corrected chi connectivity index (χ0v) is 18.0. The first-order chi connectivity index (χ1) is 13.5. The number of rotatable bonds is 8. The highest BCUT2D eigenvalue weighted by atomic mass is 32.2. The molecule has 0 saturated carbocycles. The van der Waals surface area contributed by atoms with Crippen molar-refractivity contribution < 1.29 is 26.4 Å². The van der Waals surface area contributed by atoms with Crippen molar-refractivity contribution in [3.8, 4) is 5.75 Å². The van der Waals surface area contributed by atoms with Crippen LogP contribution in [0.1, 0.15) is 24.2 Å². The molecule has 2 rings (SSSR count). The molecular formula is C18H23N3O6S2. The van der Waals surface area contributed by atoms with Gasteiger partial charge in [0.05, 0.1) is 12.0 Å². The van der Waals surface area contributed by atoms with Crippen molar-refractivity contribution in [2.24, 2.45) is 0 Å². The van der Waals surface area contributed by atoms with Crippen molar-refractivity contribution in [3.63, 3.8) is 0 Å². The highest BCUT2D eigenvalue weighted by Gasteiger charge is 2.22. The first-order valence-electron chi connectivity index (χ1n) is 8.55. The number of ether oxygens (including phenoxy) is 1. The molecule has 0 spiro atoms. The van der Waals surface area contributed by atoms with E-state index in [2.05, 4.69) is 14.8 Å². The van der Waals surface area contributed by atoms with E-state index >= 15 is 0 Å². The third-order valence-electron chi connectivity index (χ3n) is 3.80. The number of anilines is 1. The molecular weight excluding hydrogens is 418 g/mol. The standard InChI is InChI=1S/C18H23N3O6S2/c1-12(2)21-29(25,26)17-11-13(5-10-16(17)27-4)18(22)20-14-6-8-15(9-7-14)28(23,24)19-3/h5-12,19,21H,1-4H3,(H,20,22). The molecule has 29 heavy (non-hydrogen) atoms. The van der Waals surface area contributed by atoms with Gasteiger partial charge in [0.2, 0.25) is 20.0 Å². The van der Waals surface area contributed by atoms with Gasteiger partial charge in [-0.2, -0.15) is 0 Å². The molecule has 0 heterocycles. The molecule has 0 aliphatic rings. The monoisotopic (exact) mass is 441 g/mol. The van der Waals surface area contributed by atoms with E-state index in [0.29, 0.717) is 5.69 Å². The third-order valence-corrected chi connectivity index (χ3v) is 6.91. The molecule has 0 atom stereocenters. The molecule has 0 aliphatic heterocycles. The van der Waals surface area contributed by atoms with Gasteiger partial charge in [0, 0.05) is 17.3 Å². The zero-order chi connectivity index (χ0) is 21.8. The Bertz CT molecular complexity index is 1090. The minimum atomic E-state index is -3.88. The maximum absolute atomic E-state index is 12.6. The lowest BCUT2D eigenvalue weighted by Gasteiger charge is -2.14. The van der Waals surface area contributed by atoms with Gasteiger partial charge in [0.25, 0.3) is 5.91 Å². The highest BCUT2D eigenvalue weighted by molar-refractivity contribution is 7.89. The maximum Gasteiger partial charge on any atom is 0.255 e. The topological polar surface area (TPSA) is 131 Å². The largest absolute Gasteiger partial charge is 0.495 e. The minimum Gasteiger partial charge on any atom is -0.495 e. The minimum absolute atomic E-state index is 0.0515. The van der Waals surface area contributed by atoms with Gasteiger partial charge in [-0.3, -0.25) is 4.79 Å². The summed E-state index contributed by atoms with van der Waals surface area (Å²) in [5.74, 6) is -0.450. The van der Waals surface area contributed by atoms with E-state index in [9.17, 15) is 21.6 Å². The molecule has 158 valence electrons. The number of sulfonamides is 2. The van der Waals surface area contributed by atoms with Gasteiger partial charge in [0.1, 0.15) is 10.6 Å². The van der Waals surface area contributed by atoms with E-state index in [1.807, 2.05) is 0 Å². The summed E-state index contributed by atoms with van der Waals surface area (Å²) in [4.78, 5) is 12.5. The van der Waals surface area contributed by atoms with E-state index < -0.39 is 26.0 Å². The van der Waals surface area contributed by atoms with Crippen LogP contribution in [0.15, 0.2) is 52.3 Å². The summed E-state index contributed by atoms with van der Waals surface area (Å²) in [6.07, 6.45) is 0. The molecule has 3 N–H and O–H groups in total. The van der Waals surface area contributed by atoms with E-state index in [4.69, 9.17) is 4.74 Å². The Labute approximate surface area is 170 Å². The van der Waals surface area contributed by atoms with E-state index in [1.54, 1.807) is 13.8 Å². The number of carbonyl (C=O) groups is 1. The van der Waals surface area contributed by atoms with Crippen LogP contribution < -0.4 is 19.5 Å². The maximum atomic E-state index is 12.6. The average Bonchev–Trinajstić information content (AvgIpc) is 2.66. The molecule has 0 bridgehead atoms. The van der Waals surface area contributed by atoms with Gasteiger partial charge < -0.3 is 10.1 Å². The van der Waals surface area contributed by atoms with Crippen LogP contribution in [-0.2, 0) is 20.0 Å². The van der Waals surface area contributed by atoms with Crippen LogP contribution in [-0.4, -0.2) is 42.9 Å². The number of nitrogens with one attached hydrogen (secondary N) is 3. The molecule has 2 aromatic rings. The van der Waals surface area contributed by atoms with Crippen LogP contribution in [0.2, 0.25) is 0 Å². The summed E-state index contributed by atoms with van der Waals surface area (Å²) in [7, 11) is -4.83. The summed E-state index contributed by atoms with van der Waals surface area (Å²) in [6, 6.07) is 9.27. The van der Waals surface area contributed by atoms with Crippen LogP contribution in [0, 0.1) is 0 Å². The molecule has 0 fully saturated rings. The van der Waals surface area contributed by atoms with Gasteiger partial charge in [-0.1, -0.05) is 0 Å². The Hall–Kier alpha value is -2.47. The summed E-state index contributed by atoms with van der Waals surface area (Å²) in [5.41, 5.74) is 0.451. The Morgan fingerprint density at radius 1 is 0.966 bits per heavy atom. The fourth-order valence-electron chi connectivity index (χ4n) is 2.44. The van der Waals surface area contributed by atoms with Crippen molar-refractivity contribution in [3.05, 3.63) is 48.0 Å². The number of carbonyl (C=O) groups excluding carboxylic acids is 1. The lowest BCUT2D eigenvalue weighted by atomic mass is 10.2. The number of amides is 1. The van der Waals surface area contributed by atoms with E-state index in [1.165, 1.54) is 56.6 Å². The fourth-order valence-corrected chi connectivity index (χ4v) is 4.62. The normalized spacial score (nSPS) is 12.0. The van der Waals surface area contributed by atoms with Crippen molar-refractivity contribution in [1.29, 1.82) is 0 Å². The summed E-state index contributed by atoms with van der Waals surface area (Å²) < 4.78 is 58.3. The molecule has 2 aromatic carbocycles. The van der Waals surface area contributed by atoms with Crippen LogP contribution in [0.25, 0.3) is 0 Å². The molecule has 1 amide bonds. The second-order valence-corrected chi connectivity index (χ2v) is 9.90.